The average Bonchev–Trinajstić information content (AvgIpc) is 3.12. The minimum atomic E-state index is -0.315. The van der Waals surface area contributed by atoms with E-state index in [2.05, 4.69) is 15.6 Å². The van der Waals surface area contributed by atoms with Gasteiger partial charge in [0.15, 0.2) is 5.96 Å². The number of aliphatic imine (C=N–C) groups is 1. The van der Waals surface area contributed by atoms with E-state index in [-0.39, 0.29) is 11.3 Å². The fraction of sp³-hybridized carbons (Fsp3) is 0.600. The van der Waals surface area contributed by atoms with Crippen LogP contribution in [-0.4, -0.2) is 51.1 Å². The van der Waals surface area contributed by atoms with E-state index in [1.807, 2.05) is 45.3 Å². The van der Waals surface area contributed by atoms with Gasteiger partial charge in [0.05, 0.1) is 12.0 Å². The first-order chi connectivity index (χ1) is 12.5. The summed E-state index contributed by atoms with van der Waals surface area (Å²) in [6.07, 6.45) is 4.08. The van der Waals surface area contributed by atoms with Crippen LogP contribution in [0.4, 0.5) is 0 Å². The zero-order chi connectivity index (χ0) is 19.0. The molecular weight excluding hydrogens is 328 g/mol. The van der Waals surface area contributed by atoms with Gasteiger partial charge in [-0.3, -0.25) is 9.79 Å². The molecule has 0 radical (unpaired) electrons. The molecule has 0 spiro atoms. The van der Waals surface area contributed by atoms with Crippen molar-refractivity contribution >= 4 is 11.9 Å². The lowest BCUT2D eigenvalue weighted by Gasteiger charge is -2.31. The van der Waals surface area contributed by atoms with Crippen molar-refractivity contribution in [1.29, 1.82) is 0 Å². The highest BCUT2D eigenvalue weighted by atomic mass is 16.5. The van der Waals surface area contributed by atoms with Gasteiger partial charge in [-0.25, -0.2) is 0 Å². The molecule has 2 rings (SSSR count). The normalized spacial score (nSPS) is 16.2. The Morgan fingerprint density at radius 1 is 1.23 bits per heavy atom. The SMILES string of the molecule is CCOc1ccccc1CNC(=NC)NCC1(C(=O)N(C)C)CCCC1. The molecule has 0 unspecified atom stereocenters. The molecule has 0 atom stereocenters. The molecule has 0 bridgehead atoms. The van der Waals surface area contributed by atoms with Crippen molar-refractivity contribution in [2.45, 2.75) is 39.2 Å². The maximum Gasteiger partial charge on any atom is 0.230 e. The van der Waals surface area contributed by atoms with Crippen LogP contribution in [0.15, 0.2) is 29.3 Å². The van der Waals surface area contributed by atoms with Gasteiger partial charge < -0.3 is 20.3 Å². The number of para-hydroxylation sites is 1. The molecule has 1 aliphatic rings. The highest BCUT2D eigenvalue weighted by Gasteiger charge is 2.42. The van der Waals surface area contributed by atoms with E-state index < -0.39 is 0 Å². The van der Waals surface area contributed by atoms with Gasteiger partial charge in [-0.1, -0.05) is 31.0 Å². The summed E-state index contributed by atoms with van der Waals surface area (Å²) < 4.78 is 5.67. The molecule has 0 aromatic heterocycles. The van der Waals surface area contributed by atoms with Crippen LogP contribution in [0.1, 0.15) is 38.2 Å². The summed E-state index contributed by atoms with van der Waals surface area (Å²) >= 11 is 0. The summed E-state index contributed by atoms with van der Waals surface area (Å²) in [4.78, 5) is 18.7. The van der Waals surface area contributed by atoms with Crippen LogP contribution in [0.2, 0.25) is 0 Å². The smallest absolute Gasteiger partial charge is 0.230 e. The number of ether oxygens (including phenoxy) is 1. The van der Waals surface area contributed by atoms with E-state index in [0.29, 0.717) is 25.7 Å². The predicted molar refractivity (Wildman–Crippen MR) is 105 cm³/mol. The number of benzene rings is 1. The largest absolute Gasteiger partial charge is 0.494 e. The van der Waals surface area contributed by atoms with E-state index in [1.165, 1.54) is 0 Å². The highest BCUT2D eigenvalue weighted by molar-refractivity contribution is 5.85. The molecule has 1 aromatic carbocycles. The monoisotopic (exact) mass is 360 g/mol. The lowest BCUT2D eigenvalue weighted by atomic mass is 9.84. The van der Waals surface area contributed by atoms with E-state index in [0.717, 1.165) is 37.0 Å². The first-order valence-corrected chi connectivity index (χ1v) is 9.39. The van der Waals surface area contributed by atoms with Gasteiger partial charge in [0, 0.05) is 39.8 Å². The molecule has 6 nitrogen and oxygen atoms in total. The van der Waals surface area contributed by atoms with Crippen LogP contribution in [0.25, 0.3) is 0 Å². The molecule has 1 saturated carbocycles. The quantitative estimate of drug-likeness (QED) is 0.579. The standard InChI is InChI=1S/C20H32N4O2/c1-5-26-17-11-7-6-10-16(17)14-22-19(21-2)23-15-20(12-8-9-13-20)18(25)24(3)4/h6-7,10-11H,5,8-9,12-15H2,1-4H3,(H2,21,22,23). The lowest BCUT2D eigenvalue weighted by molar-refractivity contribution is -0.138. The maximum absolute atomic E-state index is 12.7. The van der Waals surface area contributed by atoms with E-state index >= 15 is 0 Å². The van der Waals surface area contributed by atoms with Crippen molar-refractivity contribution in [2.75, 3.05) is 34.3 Å². The van der Waals surface area contributed by atoms with Gasteiger partial charge in [0.25, 0.3) is 0 Å². The van der Waals surface area contributed by atoms with Crippen LogP contribution in [0.3, 0.4) is 0 Å². The summed E-state index contributed by atoms with van der Waals surface area (Å²) in [5, 5.41) is 6.69. The van der Waals surface area contributed by atoms with Gasteiger partial charge in [-0.05, 0) is 25.8 Å². The third-order valence-corrected chi connectivity index (χ3v) is 4.96. The van der Waals surface area contributed by atoms with Crippen molar-refractivity contribution < 1.29 is 9.53 Å². The zero-order valence-electron chi connectivity index (χ0n) is 16.5. The van der Waals surface area contributed by atoms with Crippen molar-refractivity contribution in [3.8, 4) is 5.75 Å². The molecule has 1 aliphatic carbocycles. The second-order valence-electron chi connectivity index (χ2n) is 7.01. The molecule has 1 fully saturated rings. The number of guanidine groups is 1. The Kier molecular flexibility index (Phi) is 7.30. The first-order valence-electron chi connectivity index (χ1n) is 9.39. The van der Waals surface area contributed by atoms with Gasteiger partial charge in [-0.15, -0.1) is 0 Å². The Morgan fingerprint density at radius 3 is 2.54 bits per heavy atom. The number of carbonyl (C=O) groups is 1. The lowest BCUT2D eigenvalue weighted by Crippen LogP contribution is -2.49. The second kappa shape index (κ2) is 9.46. The van der Waals surface area contributed by atoms with E-state index in [4.69, 9.17) is 4.74 Å². The van der Waals surface area contributed by atoms with E-state index in [1.54, 1.807) is 11.9 Å². The number of nitrogens with zero attached hydrogens (tertiary/aromatic N) is 2. The molecular formula is C20H32N4O2. The summed E-state index contributed by atoms with van der Waals surface area (Å²) in [7, 11) is 5.42. The molecule has 0 saturated heterocycles. The number of hydrogen-bond acceptors (Lipinski definition) is 3. The Balaban J connectivity index is 1.96. The van der Waals surface area contributed by atoms with Gasteiger partial charge in [-0.2, -0.15) is 0 Å². The summed E-state index contributed by atoms with van der Waals surface area (Å²) in [5.74, 6) is 1.79. The maximum atomic E-state index is 12.7. The Labute approximate surface area is 157 Å². The zero-order valence-corrected chi connectivity index (χ0v) is 16.5. The van der Waals surface area contributed by atoms with E-state index in [9.17, 15) is 4.79 Å². The van der Waals surface area contributed by atoms with Gasteiger partial charge in [0.1, 0.15) is 5.75 Å². The number of amides is 1. The molecule has 6 heteroatoms. The van der Waals surface area contributed by atoms with Crippen LogP contribution in [0, 0.1) is 5.41 Å². The van der Waals surface area contributed by atoms with Gasteiger partial charge in [0.2, 0.25) is 5.91 Å². The third kappa shape index (κ3) is 4.90. The predicted octanol–water partition coefficient (Wildman–Crippen LogP) is 2.40. The van der Waals surface area contributed by atoms with Gasteiger partial charge >= 0.3 is 0 Å². The Morgan fingerprint density at radius 2 is 1.92 bits per heavy atom. The summed E-state index contributed by atoms with van der Waals surface area (Å²) in [6.45, 7) is 3.84. The van der Waals surface area contributed by atoms with Crippen LogP contribution in [-0.2, 0) is 11.3 Å². The van der Waals surface area contributed by atoms with Crippen LogP contribution in [0.5, 0.6) is 5.75 Å². The van der Waals surface area contributed by atoms with Crippen LogP contribution >= 0.6 is 0 Å². The van der Waals surface area contributed by atoms with Crippen molar-refractivity contribution in [3.05, 3.63) is 29.8 Å². The molecule has 2 N–H and O–H groups in total. The minimum Gasteiger partial charge on any atom is -0.494 e. The average molecular weight is 361 g/mol. The Bertz CT molecular complexity index is 622. The highest BCUT2D eigenvalue weighted by Crippen LogP contribution is 2.38. The first kappa shape index (κ1) is 20.1. The Hall–Kier alpha value is -2.24. The summed E-state index contributed by atoms with van der Waals surface area (Å²) in [5.41, 5.74) is 0.766. The van der Waals surface area contributed by atoms with Crippen molar-refractivity contribution in [2.24, 2.45) is 10.4 Å². The van der Waals surface area contributed by atoms with Crippen molar-refractivity contribution in [3.63, 3.8) is 0 Å². The van der Waals surface area contributed by atoms with Crippen molar-refractivity contribution in [1.82, 2.24) is 15.5 Å². The number of rotatable bonds is 7. The molecule has 26 heavy (non-hydrogen) atoms. The molecule has 0 aliphatic heterocycles. The molecule has 1 amide bonds. The number of nitrogens with one attached hydrogen (secondary N) is 2. The summed E-state index contributed by atoms with van der Waals surface area (Å²) in [6, 6.07) is 7.98. The molecule has 1 aromatic rings. The third-order valence-electron chi connectivity index (χ3n) is 4.96. The topological polar surface area (TPSA) is 66.0 Å². The number of hydrogen-bond donors (Lipinski definition) is 2. The second-order valence-corrected chi connectivity index (χ2v) is 7.01. The minimum absolute atomic E-state index is 0.208. The fourth-order valence-corrected chi connectivity index (χ4v) is 3.59. The molecule has 144 valence electrons. The fourth-order valence-electron chi connectivity index (χ4n) is 3.59. The van der Waals surface area contributed by atoms with Crippen LogP contribution < -0.4 is 15.4 Å². The molecule has 0 heterocycles. The number of carbonyl (C=O) groups excluding carboxylic acids is 1.